The molecule has 0 aliphatic heterocycles. The summed E-state index contributed by atoms with van der Waals surface area (Å²) in [4.78, 5) is 11.3. The molecule has 0 aliphatic rings. The molecule has 4 heteroatoms. The number of nitrogens with one attached hydrogen (secondary N) is 1. The van der Waals surface area contributed by atoms with Gasteiger partial charge in [0, 0.05) is 0 Å². The molecular weight excluding hydrogens is 217 g/mol. The zero-order chi connectivity index (χ0) is 11.4. The maximum atomic E-state index is 12.6. The van der Waals surface area contributed by atoms with Crippen molar-refractivity contribution in [3.63, 3.8) is 0 Å². The van der Waals surface area contributed by atoms with Crippen LogP contribution < -0.4 is 5.32 Å². The number of alkyl halides is 1. The Morgan fingerprint density at radius 2 is 1.87 bits per heavy atom. The average Bonchev–Trinajstić information content (AvgIpc) is 2.18. The first-order valence-corrected chi connectivity index (χ1v) is 5.14. The van der Waals surface area contributed by atoms with Gasteiger partial charge in [-0.25, -0.2) is 4.39 Å². The summed E-state index contributed by atoms with van der Waals surface area (Å²) in [6.07, 6.45) is 0. The van der Waals surface area contributed by atoms with Crippen molar-refractivity contribution < 1.29 is 9.18 Å². The van der Waals surface area contributed by atoms with Gasteiger partial charge in [0.15, 0.2) is 0 Å². The van der Waals surface area contributed by atoms with E-state index in [1.807, 2.05) is 6.92 Å². The van der Waals surface area contributed by atoms with Crippen LogP contribution in [0.4, 0.5) is 4.39 Å². The van der Waals surface area contributed by atoms with Gasteiger partial charge in [-0.1, -0.05) is 12.1 Å². The molecule has 2 nitrogen and oxygen atoms in total. The number of amides is 1. The summed E-state index contributed by atoms with van der Waals surface area (Å²) in [5.41, 5.74) is 0.849. The van der Waals surface area contributed by atoms with Gasteiger partial charge >= 0.3 is 0 Å². The normalized spacial score (nSPS) is 14.4. The third-order valence-corrected chi connectivity index (χ3v) is 2.29. The maximum Gasteiger partial charge on any atom is 0.238 e. The van der Waals surface area contributed by atoms with E-state index in [4.69, 9.17) is 11.6 Å². The van der Waals surface area contributed by atoms with E-state index in [0.29, 0.717) is 0 Å². The van der Waals surface area contributed by atoms with Gasteiger partial charge in [-0.2, -0.15) is 0 Å². The number of rotatable bonds is 3. The maximum absolute atomic E-state index is 12.6. The number of hydrogen-bond acceptors (Lipinski definition) is 1. The fourth-order valence-electron chi connectivity index (χ4n) is 1.16. The SMILES string of the molecule is CC(Cl)C(=O)NC(C)c1ccc(F)cc1. The second-order valence-electron chi connectivity index (χ2n) is 3.40. The van der Waals surface area contributed by atoms with E-state index >= 15 is 0 Å². The van der Waals surface area contributed by atoms with Crippen LogP contribution in [0.2, 0.25) is 0 Å². The predicted molar refractivity (Wildman–Crippen MR) is 58.3 cm³/mol. The van der Waals surface area contributed by atoms with Crippen molar-refractivity contribution in [3.8, 4) is 0 Å². The zero-order valence-electron chi connectivity index (χ0n) is 8.63. The zero-order valence-corrected chi connectivity index (χ0v) is 9.38. The number of benzene rings is 1. The highest BCUT2D eigenvalue weighted by molar-refractivity contribution is 6.30. The topological polar surface area (TPSA) is 29.1 Å². The largest absolute Gasteiger partial charge is 0.348 e. The van der Waals surface area contributed by atoms with Crippen molar-refractivity contribution in [2.24, 2.45) is 0 Å². The average molecular weight is 230 g/mol. The second-order valence-corrected chi connectivity index (χ2v) is 4.05. The first-order valence-electron chi connectivity index (χ1n) is 4.70. The molecule has 0 radical (unpaired) electrons. The Morgan fingerprint density at radius 1 is 1.33 bits per heavy atom. The van der Waals surface area contributed by atoms with Crippen LogP contribution in [0.15, 0.2) is 24.3 Å². The minimum Gasteiger partial charge on any atom is -0.348 e. The Balaban J connectivity index is 2.65. The van der Waals surface area contributed by atoms with Crippen molar-refractivity contribution in [2.45, 2.75) is 25.3 Å². The van der Waals surface area contributed by atoms with Crippen molar-refractivity contribution in [1.29, 1.82) is 0 Å². The lowest BCUT2D eigenvalue weighted by atomic mass is 10.1. The summed E-state index contributed by atoms with van der Waals surface area (Å²) >= 11 is 5.61. The highest BCUT2D eigenvalue weighted by Gasteiger charge is 2.13. The minimum absolute atomic E-state index is 0.167. The van der Waals surface area contributed by atoms with Crippen LogP contribution in [-0.4, -0.2) is 11.3 Å². The molecule has 0 bridgehead atoms. The fraction of sp³-hybridized carbons (Fsp3) is 0.364. The molecule has 0 spiro atoms. The molecular formula is C11H13ClFNO. The smallest absolute Gasteiger partial charge is 0.238 e. The van der Waals surface area contributed by atoms with Crippen LogP contribution in [0, 0.1) is 5.82 Å². The molecule has 82 valence electrons. The molecule has 1 aromatic carbocycles. The van der Waals surface area contributed by atoms with Crippen molar-refractivity contribution in [3.05, 3.63) is 35.6 Å². The summed E-state index contributed by atoms with van der Waals surface area (Å²) in [5, 5.41) is 2.16. The molecule has 0 heterocycles. The molecule has 0 fully saturated rings. The lowest BCUT2D eigenvalue weighted by Crippen LogP contribution is -2.31. The molecule has 0 saturated heterocycles. The van der Waals surface area contributed by atoms with E-state index in [1.54, 1.807) is 19.1 Å². The Kier molecular flexibility index (Phi) is 4.09. The minimum atomic E-state index is -0.562. The first kappa shape index (κ1) is 12.0. The Hall–Kier alpha value is -1.09. The molecule has 0 saturated carbocycles. The summed E-state index contributed by atoms with van der Waals surface area (Å²) < 4.78 is 12.6. The molecule has 1 rings (SSSR count). The summed E-state index contributed by atoms with van der Waals surface area (Å²) in [7, 11) is 0. The van der Waals surface area contributed by atoms with Gasteiger partial charge in [0.25, 0.3) is 0 Å². The highest BCUT2D eigenvalue weighted by Crippen LogP contribution is 2.13. The molecule has 1 amide bonds. The molecule has 15 heavy (non-hydrogen) atoms. The van der Waals surface area contributed by atoms with Crippen LogP contribution in [-0.2, 0) is 4.79 Å². The van der Waals surface area contributed by atoms with Gasteiger partial charge in [0.05, 0.1) is 6.04 Å². The summed E-state index contributed by atoms with van der Waals surface area (Å²) in [5.74, 6) is -0.517. The molecule has 2 unspecified atom stereocenters. The van der Waals surface area contributed by atoms with Crippen LogP contribution in [0.1, 0.15) is 25.5 Å². The van der Waals surface area contributed by atoms with Crippen LogP contribution in [0.25, 0.3) is 0 Å². The quantitative estimate of drug-likeness (QED) is 0.794. The highest BCUT2D eigenvalue weighted by atomic mass is 35.5. The Morgan fingerprint density at radius 3 is 2.33 bits per heavy atom. The van der Waals surface area contributed by atoms with E-state index < -0.39 is 5.38 Å². The van der Waals surface area contributed by atoms with Gasteiger partial charge in [-0.05, 0) is 31.5 Å². The van der Waals surface area contributed by atoms with Gasteiger partial charge in [-0.3, -0.25) is 4.79 Å². The van der Waals surface area contributed by atoms with Crippen LogP contribution in [0.5, 0.6) is 0 Å². The number of carbonyl (C=O) groups is 1. The lowest BCUT2D eigenvalue weighted by Gasteiger charge is -2.15. The molecule has 1 N–H and O–H groups in total. The number of halogens is 2. The van der Waals surface area contributed by atoms with Gasteiger partial charge in [0.2, 0.25) is 5.91 Å². The van der Waals surface area contributed by atoms with E-state index in [1.165, 1.54) is 12.1 Å². The van der Waals surface area contributed by atoms with Crippen LogP contribution >= 0.6 is 11.6 Å². The van der Waals surface area contributed by atoms with Crippen molar-refractivity contribution in [1.82, 2.24) is 5.32 Å². The van der Waals surface area contributed by atoms with E-state index in [-0.39, 0.29) is 17.8 Å². The Labute approximate surface area is 93.4 Å². The first-order chi connectivity index (χ1) is 7.00. The van der Waals surface area contributed by atoms with Gasteiger partial charge < -0.3 is 5.32 Å². The standard InChI is InChI=1S/C11H13ClFNO/c1-7(12)11(15)14-8(2)9-3-5-10(13)6-4-9/h3-8H,1-2H3,(H,14,15). The molecule has 0 aliphatic carbocycles. The lowest BCUT2D eigenvalue weighted by molar-refractivity contribution is -0.121. The summed E-state index contributed by atoms with van der Waals surface area (Å²) in [6, 6.07) is 5.84. The van der Waals surface area contributed by atoms with Gasteiger partial charge in [-0.15, -0.1) is 11.6 Å². The molecule has 1 aromatic rings. The fourth-order valence-corrected chi connectivity index (χ4v) is 1.23. The monoisotopic (exact) mass is 229 g/mol. The van der Waals surface area contributed by atoms with Gasteiger partial charge in [0.1, 0.15) is 11.2 Å². The third kappa shape index (κ3) is 3.51. The summed E-state index contributed by atoms with van der Waals surface area (Å²) in [6.45, 7) is 3.43. The Bertz CT molecular complexity index is 337. The van der Waals surface area contributed by atoms with Crippen molar-refractivity contribution >= 4 is 17.5 Å². The van der Waals surface area contributed by atoms with E-state index in [9.17, 15) is 9.18 Å². The van der Waals surface area contributed by atoms with E-state index in [0.717, 1.165) is 5.56 Å². The second kappa shape index (κ2) is 5.12. The molecule has 2 atom stereocenters. The number of carbonyl (C=O) groups excluding carboxylic acids is 1. The molecule has 0 aromatic heterocycles. The predicted octanol–water partition coefficient (Wildman–Crippen LogP) is 2.63. The third-order valence-electron chi connectivity index (χ3n) is 2.09. The van der Waals surface area contributed by atoms with E-state index in [2.05, 4.69) is 5.32 Å². The number of hydrogen-bond donors (Lipinski definition) is 1. The van der Waals surface area contributed by atoms with Crippen molar-refractivity contribution in [2.75, 3.05) is 0 Å². The van der Waals surface area contributed by atoms with Crippen LogP contribution in [0.3, 0.4) is 0 Å².